The van der Waals surface area contributed by atoms with E-state index in [2.05, 4.69) is 5.10 Å². The first-order chi connectivity index (χ1) is 9.90. The number of rotatable bonds is 5. The van der Waals surface area contributed by atoms with E-state index in [4.69, 9.17) is 10.5 Å². The van der Waals surface area contributed by atoms with Crippen LogP contribution >= 0.6 is 0 Å². The van der Waals surface area contributed by atoms with Gasteiger partial charge >= 0.3 is 0 Å². The molecule has 1 aromatic heterocycles. The normalized spacial score (nSPS) is 11.4. The smallest absolute Gasteiger partial charge is 0.269 e. The molecule has 0 unspecified atom stereocenters. The van der Waals surface area contributed by atoms with Gasteiger partial charge in [-0.25, -0.2) is 8.42 Å². The molecule has 1 aromatic carbocycles. The third-order valence-corrected chi connectivity index (χ3v) is 4.94. The van der Waals surface area contributed by atoms with Gasteiger partial charge in [-0.1, -0.05) is 6.07 Å². The maximum atomic E-state index is 12.6. The number of ether oxygens (including phenoxy) is 1. The van der Waals surface area contributed by atoms with Crippen molar-refractivity contribution < 1.29 is 13.2 Å². The largest absolute Gasteiger partial charge is 0.497 e. The van der Waals surface area contributed by atoms with Gasteiger partial charge in [-0.2, -0.15) is 5.10 Å². The predicted molar refractivity (Wildman–Crippen MR) is 80.9 cm³/mol. The number of aryl methyl sites for hydroxylation is 1. The first-order valence-corrected chi connectivity index (χ1v) is 7.80. The lowest BCUT2D eigenvalue weighted by molar-refractivity contribution is 0.415. The monoisotopic (exact) mass is 310 g/mol. The van der Waals surface area contributed by atoms with E-state index in [1.807, 2.05) is 6.92 Å². The van der Waals surface area contributed by atoms with Crippen LogP contribution in [0.2, 0.25) is 0 Å². The lowest BCUT2D eigenvalue weighted by Crippen LogP contribution is -2.26. The second kappa shape index (κ2) is 5.65. The Balaban J connectivity index is 2.44. The maximum Gasteiger partial charge on any atom is 0.269 e. The summed E-state index contributed by atoms with van der Waals surface area (Å²) in [4.78, 5) is -0.00494. The molecule has 0 saturated carbocycles. The van der Waals surface area contributed by atoms with Gasteiger partial charge in [0.25, 0.3) is 10.0 Å². The average molecular weight is 310 g/mol. The third-order valence-electron chi connectivity index (χ3n) is 3.13. The number of nitrogens with zero attached hydrogens (tertiary/aromatic N) is 3. The first-order valence-electron chi connectivity index (χ1n) is 6.36. The number of nitrogen functional groups attached to an aromatic ring is 1. The van der Waals surface area contributed by atoms with Crippen LogP contribution < -0.4 is 14.8 Å². The van der Waals surface area contributed by atoms with Crippen LogP contribution in [0.1, 0.15) is 6.92 Å². The fourth-order valence-electron chi connectivity index (χ4n) is 1.87. The SMILES string of the molecule is CCn1cc(S(=O)(=O)N(C)c2cccc(OC)c2)c(N)n1. The minimum absolute atomic E-state index is 0.00494. The highest BCUT2D eigenvalue weighted by molar-refractivity contribution is 7.93. The van der Waals surface area contributed by atoms with E-state index in [0.29, 0.717) is 18.0 Å². The minimum atomic E-state index is -3.77. The van der Waals surface area contributed by atoms with Crippen LogP contribution in [-0.2, 0) is 16.6 Å². The molecule has 2 N–H and O–H groups in total. The molecule has 114 valence electrons. The molecule has 0 aliphatic heterocycles. The summed E-state index contributed by atoms with van der Waals surface area (Å²) in [6.07, 6.45) is 1.43. The molecule has 2 aromatic rings. The number of benzene rings is 1. The number of sulfonamides is 1. The van der Waals surface area contributed by atoms with E-state index in [1.54, 1.807) is 24.3 Å². The third kappa shape index (κ3) is 2.80. The maximum absolute atomic E-state index is 12.6. The van der Waals surface area contributed by atoms with Crippen molar-refractivity contribution in [3.8, 4) is 5.75 Å². The van der Waals surface area contributed by atoms with Crippen molar-refractivity contribution in [3.63, 3.8) is 0 Å². The van der Waals surface area contributed by atoms with Crippen LogP contribution in [0.15, 0.2) is 35.4 Å². The van der Waals surface area contributed by atoms with E-state index in [1.165, 1.54) is 25.0 Å². The quantitative estimate of drug-likeness (QED) is 0.899. The first kappa shape index (κ1) is 15.2. The van der Waals surface area contributed by atoms with Gasteiger partial charge in [0, 0.05) is 25.9 Å². The van der Waals surface area contributed by atoms with Gasteiger partial charge in [-0.05, 0) is 19.1 Å². The molecule has 21 heavy (non-hydrogen) atoms. The summed E-state index contributed by atoms with van der Waals surface area (Å²) in [7, 11) is -0.778. The molecule has 0 aliphatic carbocycles. The summed E-state index contributed by atoms with van der Waals surface area (Å²) in [5, 5.41) is 3.97. The van der Waals surface area contributed by atoms with Gasteiger partial charge in [0.1, 0.15) is 10.6 Å². The molecule has 8 heteroatoms. The summed E-state index contributed by atoms with van der Waals surface area (Å²) in [6, 6.07) is 6.78. The second-order valence-electron chi connectivity index (χ2n) is 4.41. The zero-order valence-corrected chi connectivity index (χ0v) is 13.0. The number of hydrogen-bond donors (Lipinski definition) is 1. The topological polar surface area (TPSA) is 90.5 Å². The molecule has 0 saturated heterocycles. The minimum Gasteiger partial charge on any atom is -0.497 e. The van der Waals surface area contributed by atoms with Crippen molar-refractivity contribution >= 4 is 21.5 Å². The predicted octanol–water partition coefficient (Wildman–Crippen LogP) is 1.32. The highest BCUT2D eigenvalue weighted by atomic mass is 32.2. The number of aromatic nitrogens is 2. The lowest BCUT2D eigenvalue weighted by Gasteiger charge is -2.19. The fraction of sp³-hybridized carbons (Fsp3) is 0.308. The molecule has 0 amide bonds. The summed E-state index contributed by atoms with van der Waals surface area (Å²) in [5.41, 5.74) is 6.20. The van der Waals surface area contributed by atoms with Crippen LogP contribution in [0, 0.1) is 0 Å². The zero-order chi connectivity index (χ0) is 15.6. The van der Waals surface area contributed by atoms with Crippen molar-refractivity contribution in [1.82, 2.24) is 9.78 Å². The molecule has 0 aliphatic rings. The number of hydrogen-bond acceptors (Lipinski definition) is 5. The number of nitrogens with two attached hydrogens (primary N) is 1. The van der Waals surface area contributed by atoms with E-state index in [0.717, 1.165) is 4.31 Å². The van der Waals surface area contributed by atoms with Crippen LogP contribution in [0.3, 0.4) is 0 Å². The van der Waals surface area contributed by atoms with Gasteiger partial charge in [0.15, 0.2) is 5.82 Å². The fourth-order valence-corrected chi connectivity index (χ4v) is 3.12. The Bertz CT molecular complexity index is 740. The Morgan fingerprint density at radius 3 is 2.71 bits per heavy atom. The Labute approximate surface area is 124 Å². The average Bonchev–Trinajstić information content (AvgIpc) is 2.88. The zero-order valence-electron chi connectivity index (χ0n) is 12.1. The molecule has 0 bridgehead atoms. The highest BCUT2D eigenvalue weighted by Crippen LogP contribution is 2.27. The Morgan fingerprint density at radius 1 is 1.43 bits per heavy atom. The lowest BCUT2D eigenvalue weighted by atomic mass is 10.3. The molecule has 0 fully saturated rings. The molecule has 0 atom stereocenters. The summed E-state index contributed by atoms with van der Waals surface area (Å²) >= 11 is 0. The molecule has 0 spiro atoms. The summed E-state index contributed by atoms with van der Waals surface area (Å²) < 4.78 is 33.0. The molecule has 7 nitrogen and oxygen atoms in total. The Hall–Kier alpha value is -2.22. The van der Waals surface area contributed by atoms with E-state index < -0.39 is 10.0 Å². The standard InChI is InChI=1S/C13H18N4O3S/c1-4-17-9-12(13(14)15-17)21(18,19)16(2)10-6-5-7-11(8-10)20-3/h5-9H,4H2,1-3H3,(H2,14,15). The van der Waals surface area contributed by atoms with Gasteiger partial charge in [-0.15, -0.1) is 0 Å². The molecule has 0 radical (unpaired) electrons. The molecule has 2 rings (SSSR count). The molecular weight excluding hydrogens is 292 g/mol. The van der Waals surface area contributed by atoms with E-state index >= 15 is 0 Å². The summed E-state index contributed by atoms with van der Waals surface area (Å²) in [5.74, 6) is 0.568. The van der Waals surface area contributed by atoms with Crippen molar-refractivity contribution in [2.45, 2.75) is 18.4 Å². The van der Waals surface area contributed by atoms with Crippen LogP contribution in [0.25, 0.3) is 0 Å². The van der Waals surface area contributed by atoms with Gasteiger partial charge < -0.3 is 10.5 Å². The van der Waals surface area contributed by atoms with Crippen LogP contribution in [0.4, 0.5) is 11.5 Å². The molecule has 1 heterocycles. The van der Waals surface area contributed by atoms with Crippen molar-refractivity contribution in [1.29, 1.82) is 0 Å². The number of anilines is 2. The van der Waals surface area contributed by atoms with Crippen molar-refractivity contribution in [2.75, 3.05) is 24.2 Å². The number of methoxy groups -OCH3 is 1. The van der Waals surface area contributed by atoms with Gasteiger partial charge in [-0.3, -0.25) is 8.99 Å². The van der Waals surface area contributed by atoms with Crippen molar-refractivity contribution in [2.24, 2.45) is 0 Å². The van der Waals surface area contributed by atoms with E-state index in [9.17, 15) is 8.42 Å². The Morgan fingerprint density at radius 2 is 2.14 bits per heavy atom. The molecular formula is C13H18N4O3S. The van der Waals surface area contributed by atoms with Gasteiger partial charge in [0.2, 0.25) is 0 Å². The highest BCUT2D eigenvalue weighted by Gasteiger charge is 2.26. The van der Waals surface area contributed by atoms with Crippen LogP contribution in [-0.4, -0.2) is 32.4 Å². The Kier molecular flexibility index (Phi) is 4.08. The van der Waals surface area contributed by atoms with E-state index in [-0.39, 0.29) is 10.7 Å². The van der Waals surface area contributed by atoms with Crippen LogP contribution in [0.5, 0.6) is 5.75 Å². The second-order valence-corrected chi connectivity index (χ2v) is 6.35. The van der Waals surface area contributed by atoms with Crippen molar-refractivity contribution in [3.05, 3.63) is 30.5 Å². The summed E-state index contributed by atoms with van der Waals surface area (Å²) in [6.45, 7) is 2.40. The van der Waals surface area contributed by atoms with Gasteiger partial charge in [0.05, 0.1) is 12.8 Å².